The molecular formula is C32H39F5. The molecule has 0 amide bonds. The van der Waals surface area contributed by atoms with Gasteiger partial charge in [-0.25, -0.2) is 8.78 Å². The Morgan fingerprint density at radius 1 is 0.811 bits per heavy atom. The van der Waals surface area contributed by atoms with E-state index >= 15 is 4.39 Å². The third-order valence-electron chi connectivity index (χ3n) is 8.64. The topological polar surface area (TPSA) is 0 Å². The molecule has 0 bridgehead atoms. The van der Waals surface area contributed by atoms with E-state index in [-0.39, 0.29) is 17.8 Å². The first-order chi connectivity index (χ1) is 17.7. The quantitative estimate of drug-likeness (QED) is 0.241. The van der Waals surface area contributed by atoms with Crippen molar-refractivity contribution in [2.75, 3.05) is 0 Å². The van der Waals surface area contributed by atoms with Gasteiger partial charge in [0.05, 0.1) is 6.08 Å². The predicted octanol–water partition coefficient (Wildman–Crippen LogP) is 11.0. The van der Waals surface area contributed by atoms with E-state index in [1.165, 1.54) is 38.5 Å². The first-order valence-electron chi connectivity index (χ1n) is 14.1. The van der Waals surface area contributed by atoms with E-state index in [0.29, 0.717) is 37.2 Å². The number of allylic oxidation sites excluding steroid dienone is 2. The van der Waals surface area contributed by atoms with Gasteiger partial charge in [0.15, 0.2) is 0 Å². The van der Waals surface area contributed by atoms with Crippen LogP contribution in [0.15, 0.2) is 54.4 Å². The minimum absolute atomic E-state index is 0.188. The summed E-state index contributed by atoms with van der Waals surface area (Å²) in [6.07, 6.45) is 7.29. The van der Waals surface area contributed by atoms with Gasteiger partial charge in [-0.2, -0.15) is 13.2 Å². The fraction of sp³-hybridized carbons (Fsp3) is 0.562. The van der Waals surface area contributed by atoms with E-state index in [1.54, 1.807) is 6.07 Å². The maximum atomic E-state index is 15.1. The molecule has 0 aromatic heterocycles. The van der Waals surface area contributed by atoms with Gasteiger partial charge in [0.25, 0.3) is 0 Å². The van der Waals surface area contributed by atoms with Crippen molar-refractivity contribution in [2.45, 2.75) is 102 Å². The van der Waals surface area contributed by atoms with Crippen LogP contribution in [0, 0.1) is 17.7 Å². The van der Waals surface area contributed by atoms with E-state index in [9.17, 15) is 17.6 Å². The second-order valence-corrected chi connectivity index (χ2v) is 11.2. The molecule has 2 aromatic rings. The molecule has 4 rings (SSSR count). The van der Waals surface area contributed by atoms with Crippen LogP contribution in [0.1, 0.15) is 107 Å². The standard InChI is InChI=1S/C32H39F5/c1-2-3-4-5-22-6-8-25(9-7-22)28-18-19-29(30(33)20-28)26-14-10-23(11-15-26)24-12-16-27(17-13-24)31(34)21-32(35,36)37/h10-11,14-15,18-22,24-25,27H,2-9,12-13,16-17H2,1H3/b31-21-. The van der Waals surface area contributed by atoms with E-state index < -0.39 is 17.9 Å². The maximum Gasteiger partial charge on any atom is 0.412 e. The summed E-state index contributed by atoms with van der Waals surface area (Å²) >= 11 is 0. The van der Waals surface area contributed by atoms with Crippen molar-refractivity contribution in [3.63, 3.8) is 0 Å². The van der Waals surface area contributed by atoms with Gasteiger partial charge < -0.3 is 0 Å². The molecule has 0 unspecified atom stereocenters. The molecule has 2 aliphatic rings. The van der Waals surface area contributed by atoms with Crippen LogP contribution in [-0.4, -0.2) is 6.18 Å². The summed E-state index contributed by atoms with van der Waals surface area (Å²) in [6, 6.07) is 13.5. The van der Waals surface area contributed by atoms with Gasteiger partial charge >= 0.3 is 6.18 Å². The molecule has 0 radical (unpaired) electrons. The van der Waals surface area contributed by atoms with Crippen molar-refractivity contribution >= 4 is 0 Å². The molecule has 2 aromatic carbocycles. The van der Waals surface area contributed by atoms with Crippen LogP contribution in [0.3, 0.4) is 0 Å². The Balaban J connectivity index is 1.33. The molecule has 0 heterocycles. The highest BCUT2D eigenvalue weighted by molar-refractivity contribution is 5.65. The first kappa shape index (κ1) is 27.9. The summed E-state index contributed by atoms with van der Waals surface area (Å²) in [5, 5.41) is 0. The normalized spacial score (nSPS) is 25.3. The highest BCUT2D eigenvalue weighted by Gasteiger charge is 2.31. The summed E-state index contributed by atoms with van der Waals surface area (Å²) in [4.78, 5) is 0. The molecule has 2 saturated carbocycles. The van der Waals surface area contributed by atoms with Crippen molar-refractivity contribution in [2.24, 2.45) is 11.8 Å². The van der Waals surface area contributed by atoms with Crippen molar-refractivity contribution in [3.05, 3.63) is 71.3 Å². The Bertz CT molecular complexity index is 1020. The Morgan fingerprint density at radius 3 is 2.00 bits per heavy atom. The van der Waals surface area contributed by atoms with E-state index in [0.717, 1.165) is 35.4 Å². The number of benzene rings is 2. The number of rotatable bonds is 8. The lowest BCUT2D eigenvalue weighted by Gasteiger charge is -2.29. The average molecular weight is 519 g/mol. The Labute approximate surface area is 218 Å². The van der Waals surface area contributed by atoms with Crippen LogP contribution in [-0.2, 0) is 0 Å². The highest BCUT2D eigenvalue weighted by Crippen LogP contribution is 2.41. The molecule has 2 aliphatic carbocycles. The minimum atomic E-state index is -4.61. The van der Waals surface area contributed by atoms with Gasteiger partial charge in [-0.15, -0.1) is 0 Å². The molecule has 202 valence electrons. The van der Waals surface area contributed by atoms with Crippen molar-refractivity contribution in [1.82, 2.24) is 0 Å². The first-order valence-corrected chi connectivity index (χ1v) is 14.1. The van der Waals surface area contributed by atoms with Crippen molar-refractivity contribution < 1.29 is 22.0 Å². The van der Waals surface area contributed by atoms with Gasteiger partial charge in [-0.3, -0.25) is 0 Å². The molecular weight excluding hydrogens is 479 g/mol. The third-order valence-corrected chi connectivity index (χ3v) is 8.64. The second-order valence-electron chi connectivity index (χ2n) is 11.2. The average Bonchev–Trinajstić information content (AvgIpc) is 2.88. The van der Waals surface area contributed by atoms with Crippen LogP contribution < -0.4 is 0 Å². The number of hydrogen-bond donors (Lipinski definition) is 0. The largest absolute Gasteiger partial charge is 0.412 e. The van der Waals surface area contributed by atoms with Crippen LogP contribution in [0.4, 0.5) is 22.0 Å². The van der Waals surface area contributed by atoms with Crippen LogP contribution in [0.5, 0.6) is 0 Å². The third kappa shape index (κ3) is 7.67. The molecule has 0 aliphatic heterocycles. The molecule has 2 fully saturated rings. The number of alkyl halides is 3. The molecule has 0 saturated heterocycles. The zero-order valence-electron chi connectivity index (χ0n) is 21.8. The van der Waals surface area contributed by atoms with Crippen LogP contribution in [0.2, 0.25) is 0 Å². The van der Waals surface area contributed by atoms with Gasteiger partial charge in [0.1, 0.15) is 11.6 Å². The van der Waals surface area contributed by atoms with E-state index in [4.69, 9.17) is 0 Å². The molecule has 0 spiro atoms. The smallest absolute Gasteiger partial charge is 0.212 e. The SMILES string of the molecule is CCCCCC1CCC(c2ccc(-c3ccc(C4CCC(/C(F)=C/C(F)(F)F)CC4)cc3)c(F)c2)CC1. The zero-order valence-corrected chi connectivity index (χ0v) is 21.8. The molecule has 37 heavy (non-hydrogen) atoms. The Kier molecular flexibility index (Phi) is 9.47. The molecule has 0 N–H and O–H groups in total. The predicted molar refractivity (Wildman–Crippen MR) is 141 cm³/mol. The lowest BCUT2D eigenvalue weighted by Crippen LogP contribution is -2.15. The van der Waals surface area contributed by atoms with Gasteiger partial charge in [0.2, 0.25) is 0 Å². The Morgan fingerprint density at radius 2 is 1.41 bits per heavy atom. The summed E-state index contributed by atoms with van der Waals surface area (Å²) in [6.45, 7) is 2.24. The molecule has 0 atom stereocenters. The lowest BCUT2D eigenvalue weighted by atomic mass is 9.76. The lowest BCUT2D eigenvalue weighted by molar-refractivity contribution is -0.0820. The second kappa shape index (κ2) is 12.6. The molecule has 5 heteroatoms. The monoisotopic (exact) mass is 518 g/mol. The zero-order chi connectivity index (χ0) is 26.4. The van der Waals surface area contributed by atoms with Crippen LogP contribution >= 0.6 is 0 Å². The summed E-state index contributed by atoms with van der Waals surface area (Å²) < 4.78 is 66.4. The minimum Gasteiger partial charge on any atom is -0.212 e. The summed E-state index contributed by atoms with van der Waals surface area (Å²) in [5.74, 6) is -0.438. The summed E-state index contributed by atoms with van der Waals surface area (Å²) in [7, 11) is 0. The van der Waals surface area contributed by atoms with E-state index in [1.807, 2.05) is 30.3 Å². The fourth-order valence-corrected chi connectivity index (χ4v) is 6.40. The van der Waals surface area contributed by atoms with Crippen LogP contribution in [0.25, 0.3) is 11.1 Å². The highest BCUT2D eigenvalue weighted by atomic mass is 19.4. The Hall–Kier alpha value is -2.17. The molecule has 0 nitrogen and oxygen atoms in total. The van der Waals surface area contributed by atoms with Gasteiger partial charge in [0, 0.05) is 11.5 Å². The number of unbranched alkanes of at least 4 members (excludes halogenated alkanes) is 2. The van der Waals surface area contributed by atoms with Crippen molar-refractivity contribution in [1.29, 1.82) is 0 Å². The number of halogens is 5. The number of hydrogen-bond acceptors (Lipinski definition) is 0. The van der Waals surface area contributed by atoms with Crippen molar-refractivity contribution in [3.8, 4) is 11.1 Å². The van der Waals surface area contributed by atoms with E-state index in [2.05, 4.69) is 13.0 Å². The van der Waals surface area contributed by atoms with Gasteiger partial charge in [-0.1, -0.05) is 69.0 Å². The maximum absolute atomic E-state index is 15.1. The summed E-state index contributed by atoms with van der Waals surface area (Å²) in [5.41, 5.74) is 3.59. The fourth-order valence-electron chi connectivity index (χ4n) is 6.40. The van der Waals surface area contributed by atoms with Gasteiger partial charge in [-0.05, 0) is 91.9 Å².